The van der Waals surface area contributed by atoms with Gasteiger partial charge in [0.1, 0.15) is 18.2 Å². The molecule has 2 aromatic carbocycles. The number of ether oxygens (including phenoxy) is 1. The molecule has 0 saturated heterocycles. The molecule has 0 spiro atoms. The maximum absolute atomic E-state index is 12.8. The zero-order valence-corrected chi connectivity index (χ0v) is 19.7. The number of carbonyl (C=O) groups excluding carboxylic acids is 1. The zero-order valence-electron chi connectivity index (χ0n) is 18.1. The van der Waals surface area contributed by atoms with E-state index < -0.39 is 27.7 Å². The van der Waals surface area contributed by atoms with E-state index in [4.69, 9.17) is 20.8 Å². The van der Waals surface area contributed by atoms with Crippen molar-refractivity contribution >= 4 is 38.6 Å². The van der Waals surface area contributed by atoms with Crippen LogP contribution < -0.4 is 10.3 Å². The molecule has 0 aliphatic rings. The Balaban J connectivity index is 1.83. The number of rotatable bonds is 7. The molecule has 170 valence electrons. The third-order valence-corrected chi connectivity index (χ3v) is 6.92. The second-order valence-electron chi connectivity index (χ2n) is 7.88. The SMILES string of the molecule is Cc1ccc2c(COC(=O)C(NS(=O)(=O)c3ccc(Cl)cc3)C(C)C)cc(=O)oc2c1C. The van der Waals surface area contributed by atoms with E-state index in [9.17, 15) is 18.0 Å². The molecule has 3 rings (SSSR count). The lowest BCUT2D eigenvalue weighted by Gasteiger charge is -2.21. The Morgan fingerprint density at radius 3 is 2.41 bits per heavy atom. The molecule has 1 heterocycles. The highest BCUT2D eigenvalue weighted by atomic mass is 35.5. The average molecular weight is 478 g/mol. The molecule has 7 nitrogen and oxygen atoms in total. The van der Waals surface area contributed by atoms with Gasteiger partial charge in [-0.2, -0.15) is 4.72 Å². The molecular weight excluding hydrogens is 454 g/mol. The van der Waals surface area contributed by atoms with Crippen LogP contribution in [0.25, 0.3) is 11.0 Å². The van der Waals surface area contributed by atoms with Crippen molar-refractivity contribution in [1.29, 1.82) is 0 Å². The van der Waals surface area contributed by atoms with Gasteiger partial charge in [0.05, 0.1) is 4.90 Å². The van der Waals surface area contributed by atoms with Crippen molar-refractivity contribution in [3.8, 4) is 0 Å². The van der Waals surface area contributed by atoms with Gasteiger partial charge in [-0.3, -0.25) is 4.79 Å². The highest BCUT2D eigenvalue weighted by molar-refractivity contribution is 7.89. The van der Waals surface area contributed by atoms with Crippen molar-refractivity contribution in [2.24, 2.45) is 5.92 Å². The largest absolute Gasteiger partial charge is 0.460 e. The third-order valence-electron chi connectivity index (χ3n) is 5.21. The molecule has 32 heavy (non-hydrogen) atoms. The van der Waals surface area contributed by atoms with Crippen LogP contribution in [0.2, 0.25) is 5.02 Å². The van der Waals surface area contributed by atoms with Crippen molar-refractivity contribution in [3.05, 3.63) is 74.6 Å². The van der Waals surface area contributed by atoms with Crippen molar-refractivity contribution in [2.75, 3.05) is 0 Å². The zero-order chi connectivity index (χ0) is 23.6. The number of fused-ring (bicyclic) bond motifs is 1. The first kappa shape index (κ1) is 24.0. The molecule has 1 unspecified atom stereocenters. The van der Waals surface area contributed by atoms with Crippen LogP contribution in [0, 0.1) is 19.8 Å². The summed E-state index contributed by atoms with van der Waals surface area (Å²) in [5.41, 5.74) is 2.15. The minimum Gasteiger partial charge on any atom is -0.460 e. The molecule has 0 fully saturated rings. The first-order chi connectivity index (χ1) is 15.0. The van der Waals surface area contributed by atoms with Crippen LogP contribution >= 0.6 is 11.6 Å². The van der Waals surface area contributed by atoms with Crippen molar-refractivity contribution in [3.63, 3.8) is 0 Å². The van der Waals surface area contributed by atoms with Gasteiger partial charge in [-0.15, -0.1) is 0 Å². The molecule has 3 aromatic rings. The van der Waals surface area contributed by atoms with Gasteiger partial charge in [-0.05, 0) is 55.2 Å². The molecule has 0 aliphatic carbocycles. The summed E-state index contributed by atoms with van der Waals surface area (Å²) in [7, 11) is -3.98. The van der Waals surface area contributed by atoms with Crippen LogP contribution in [0.15, 0.2) is 56.6 Å². The van der Waals surface area contributed by atoms with E-state index in [1.54, 1.807) is 19.9 Å². The van der Waals surface area contributed by atoms with Gasteiger partial charge < -0.3 is 9.15 Å². The Labute approximate surface area is 191 Å². The van der Waals surface area contributed by atoms with E-state index in [1.807, 2.05) is 19.9 Å². The lowest BCUT2D eigenvalue weighted by atomic mass is 10.0. The third kappa shape index (κ3) is 5.20. The molecule has 0 saturated carbocycles. The number of halogens is 1. The number of benzene rings is 2. The second kappa shape index (κ2) is 9.44. The maximum atomic E-state index is 12.8. The van der Waals surface area contributed by atoms with E-state index in [0.717, 1.165) is 11.1 Å². The Bertz CT molecular complexity index is 1310. The Hall–Kier alpha value is -2.68. The molecule has 0 bridgehead atoms. The maximum Gasteiger partial charge on any atom is 0.336 e. The van der Waals surface area contributed by atoms with Crippen LogP contribution in [0.3, 0.4) is 0 Å². The summed E-state index contributed by atoms with van der Waals surface area (Å²) in [6.45, 7) is 6.96. The first-order valence-electron chi connectivity index (χ1n) is 9.97. The molecular formula is C23H24ClNO6S. The van der Waals surface area contributed by atoms with Gasteiger partial charge in [0.2, 0.25) is 10.0 Å². The minimum atomic E-state index is -3.98. The minimum absolute atomic E-state index is 0.0159. The molecule has 9 heteroatoms. The number of hydrogen-bond acceptors (Lipinski definition) is 6. The van der Waals surface area contributed by atoms with Gasteiger partial charge in [-0.25, -0.2) is 13.2 Å². The molecule has 1 N–H and O–H groups in total. The van der Waals surface area contributed by atoms with Gasteiger partial charge >= 0.3 is 11.6 Å². The molecule has 1 atom stereocenters. The van der Waals surface area contributed by atoms with Gasteiger partial charge in [0.25, 0.3) is 0 Å². The van der Waals surface area contributed by atoms with E-state index in [-0.39, 0.29) is 17.4 Å². The topological polar surface area (TPSA) is 103 Å². The summed E-state index contributed by atoms with van der Waals surface area (Å²) in [5.74, 6) is -1.13. The highest BCUT2D eigenvalue weighted by Crippen LogP contribution is 2.24. The lowest BCUT2D eigenvalue weighted by Crippen LogP contribution is -2.45. The first-order valence-corrected chi connectivity index (χ1v) is 11.8. The fraction of sp³-hybridized carbons (Fsp3) is 0.304. The molecule has 0 aliphatic heterocycles. The fourth-order valence-corrected chi connectivity index (χ4v) is 4.65. The number of carbonyl (C=O) groups is 1. The quantitative estimate of drug-likeness (QED) is 0.405. The number of nitrogens with one attached hydrogen (secondary N) is 1. The fourth-order valence-electron chi connectivity index (χ4n) is 3.19. The molecule has 1 aromatic heterocycles. The van der Waals surface area contributed by atoms with Crippen molar-refractivity contribution in [2.45, 2.75) is 45.2 Å². The summed E-state index contributed by atoms with van der Waals surface area (Å²) < 4.78 is 38.6. The van der Waals surface area contributed by atoms with Crippen molar-refractivity contribution < 1.29 is 22.4 Å². The number of aryl methyl sites for hydroxylation is 2. The molecule has 0 radical (unpaired) electrons. The predicted molar refractivity (Wildman–Crippen MR) is 122 cm³/mol. The van der Waals surface area contributed by atoms with Crippen LogP contribution in [-0.4, -0.2) is 20.4 Å². The predicted octanol–water partition coefficient (Wildman–Crippen LogP) is 4.11. The second-order valence-corrected chi connectivity index (χ2v) is 10.0. The van der Waals surface area contributed by atoms with Crippen molar-refractivity contribution in [1.82, 2.24) is 4.72 Å². The number of esters is 1. The monoisotopic (exact) mass is 477 g/mol. The standard InChI is InChI=1S/C23H24ClNO6S/c1-13(2)21(25-32(28,29)18-8-6-17(24)7-9-18)23(27)30-12-16-11-20(26)31-22-15(4)14(3)5-10-19(16)22/h5-11,13,21,25H,12H2,1-4H3. The van der Waals surface area contributed by atoms with Gasteiger partial charge in [-0.1, -0.05) is 37.6 Å². The Morgan fingerprint density at radius 2 is 1.78 bits per heavy atom. The van der Waals surface area contributed by atoms with Crippen LogP contribution in [0.5, 0.6) is 0 Å². The normalized spacial score (nSPS) is 12.8. The summed E-state index contributed by atoms with van der Waals surface area (Å²) >= 11 is 5.82. The summed E-state index contributed by atoms with van der Waals surface area (Å²) in [4.78, 5) is 24.8. The van der Waals surface area contributed by atoms with Crippen LogP contribution in [0.1, 0.15) is 30.5 Å². The molecule has 0 amide bonds. The van der Waals surface area contributed by atoms with E-state index in [1.165, 1.54) is 30.3 Å². The number of sulfonamides is 1. The highest BCUT2D eigenvalue weighted by Gasteiger charge is 2.30. The van der Waals surface area contributed by atoms with Gasteiger partial charge in [0.15, 0.2) is 0 Å². The summed E-state index contributed by atoms with van der Waals surface area (Å²) in [6, 6.07) is 9.45. The summed E-state index contributed by atoms with van der Waals surface area (Å²) in [6.07, 6.45) is 0. The average Bonchev–Trinajstić information content (AvgIpc) is 2.73. The van der Waals surface area contributed by atoms with E-state index in [2.05, 4.69) is 4.72 Å². The summed E-state index contributed by atoms with van der Waals surface area (Å²) in [5, 5.41) is 1.05. The Kier molecular flexibility index (Phi) is 7.07. The van der Waals surface area contributed by atoms with Crippen LogP contribution in [-0.2, 0) is 26.2 Å². The Morgan fingerprint density at radius 1 is 1.12 bits per heavy atom. The smallest absolute Gasteiger partial charge is 0.336 e. The van der Waals surface area contributed by atoms with E-state index >= 15 is 0 Å². The lowest BCUT2D eigenvalue weighted by molar-refractivity contribution is -0.148. The van der Waals surface area contributed by atoms with Gasteiger partial charge in [0, 0.05) is 22.0 Å². The number of hydrogen-bond donors (Lipinski definition) is 1. The van der Waals surface area contributed by atoms with Crippen LogP contribution in [0.4, 0.5) is 0 Å². The van der Waals surface area contributed by atoms with E-state index in [0.29, 0.717) is 21.6 Å².